The predicted octanol–water partition coefficient (Wildman–Crippen LogP) is 2.38. The summed E-state index contributed by atoms with van der Waals surface area (Å²) in [7, 11) is 1.86. The number of nitrogens with zero attached hydrogens (tertiary/aromatic N) is 3. The molecule has 0 aliphatic heterocycles. The summed E-state index contributed by atoms with van der Waals surface area (Å²) < 4.78 is 15.3. The van der Waals surface area contributed by atoms with E-state index in [9.17, 15) is 4.39 Å². The van der Waals surface area contributed by atoms with E-state index in [2.05, 4.69) is 25.9 Å². The van der Waals surface area contributed by atoms with Gasteiger partial charge < -0.3 is 4.57 Å². The van der Waals surface area contributed by atoms with Crippen molar-refractivity contribution in [3.05, 3.63) is 34.9 Å². The number of hydrogen-bond acceptors (Lipinski definition) is 2. The normalized spacial score (nSPS) is 10.5. The fraction of sp³-hybridized carbons (Fsp3) is 0.111. The molecule has 0 bridgehead atoms. The lowest BCUT2D eigenvalue weighted by Gasteiger charge is -2.00. The SMILES string of the molecule is Cn1c(Br)cnc1-c1ccc(F)cn1. The van der Waals surface area contributed by atoms with Crippen molar-refractivity contribution in [2.24, 2.45) is 7.05 Å². The van der Waals surface area contributed by atoms with Gasteiger partial charge in [0.1, 0.15) is 16.1 Å². The Hall–Kier alpha value is -1.23. The Bertz CT molecular complexity index is 450. The zero-order chi connectivity index (χ0) is 10.1. The Morgan fingerprint density at radius 2 is 2.07 bits per heavy atom. The molecule has 0 radical (unpaired) electrons. The first-order chi connectivity index (χ1) is 6.68. The molecule has 14 heavy (non-hydrogen) atoms. The minimum absolute atomic E-state index is 0.345. The van der Waals surface area contributed by atoms with E-state index in [-0.39, 0.29) is 5.82 Å². The third kappa shape index (κ3) is 1.55. The van der Waals surface area contributed by atoms with Gasteiger partial charge >= 0.3 is 0 Å². The smallest absolute Gasteiger partial charge is 0.159 e. The average molecular weight is 256 g/mol. The fourth-order valence-corrected chi connectivity index (χ4v) is 1.41. The van der Waals surface area contributed by atoms with E-state index in [1.807, 2.05) is 11.6 Å². The Labute approximate surface area is 88.7 Å². The third-order valence-corrected chi connectivity index (χ3v) is 2.62. The minimum atomic E-state index is -0.345. The third-order valence-electron chi connectivity index (χ3n) is 1.89. The molecule has 0 spiro atoms. The highest BCUT2D eigenvalue weighted by Crippen LogP contribution is 2.19. The highest BCUT2D eigenvalue weighted by Gasteiger charge is 2.07. The molecule has 2 rings (SSSR count). The maximum Gasteiger partial charge on any atom is 0.159 e. The lowest BCUT2D eigenvalue weighted by atomic mass is 10.3. The van der Waals surface area contributed by atoms with Crippen molar-refractivity contribution in [2.75, 3.05) is 0 Å². The van der Waals surface area contributed by atoms with Gasteiger partial charge in [0.2, 0.25) is 0 Å². The summed E-state index contributed by atoms with van der Waals surface area (Å²) in [6, 6.07) is 2.97. The van der Waals surface area contributed by atoms with Gasteiger partial charge in [0.25, 0.3) is 0 Å². The van der Waals surface area contributed by atoms with Crippen LogP contribution in [0.25, 0.3) is 11.5 Å². The van der Waals surface area contributed by atoms with Crippen LogP contribution in [0, 0.1) is 5.82 Å². The summed E-state index contributed by atoms with van der Waals surface area (Å²) in [4.78, 5) is 8.09. The quantitative estimate of drug-likeness (QED) is 0.784. The molecular weight excluding hydrogens is 249 g/mol. The standard InChI is InChI=1S/C9H7BrFN3/c1-14-8(10)5-13-9(14)7-3-2-6(11)4-12-7/h2-5H,1H3. The predicted molar refractivity (Wildman–Crippen MR) is 54.1 cm³/mol. The second-order valence-corrected chi connectivity index (χ2v) is 3.64. The monoisotopic (exact) mass is 255 g/mol. The van der Waals surface area contributed by atoms with Gasteiger partial charge in [-0.1, -0.05) is 0 Å². The van der Waals surface area contributed by atoms with Gasteiger partial charge in [-0.2, -0.15) is 0 Å². The molecule has 2 aromatic heterocycles. The second-order valence-electron chi connectivity index (χ2n) is 2.83. The van der Waals surface area contributed by atoms with Crippen LogP contribution in [-0.2, 0) is 7.05 Å². The van der Waals surface area contributed by atoms with E-state index in [1.165, 1.54) is 12.3 Å². The van der Waals surface area contributed by atoms with E-state index in [1.54, 1.807) is 12.3 Å². The van der Waals surface area contributed by atoms with Crippen molar-refractivity contribution in [1.82, 2.24) is 14.5 Å². The molecule has 0 aliphatic rings. The Kier molecular flexibility index (Phi) is 2.33. The van der Waals surface area contributed by atoms with E-state index >= 15 is 0 Å². The number of halogens is 2. The van der Waals surface area contributed by atoms with Crippen LogP contribution in [0.5, 0.6) is 0 Å². The van der Waals surface area contributed by atoms with Crippen molar-refractivity contribution in [1.29, 1.82) is 0 Å². The summed E-state index contributed by atoms with van der Waals surface area (Å²) in [5.41, 5.74) is 0.652. The van der Waals surface area contributed by atoms with E-state index in [4.69, 9.17) is 0 Å². The molecule has 0 unspecified atom stereocenters. The van der Waals surface area contributed by atoms with E-state index in [0.717, 1.165) is 4.60 Å². The second kappa shape index (κ2) is 3.49. The lowest BCUT2D eigenvalue weighted by molar-refractivity contribution is 0.621. The fourth-order valence-electron chi connectivity index (χ4n) is 1.13. The molecular formula is C9H7BrFN3. The Morgan fingerprint density at radius 3 is 2.57 bits per heavy atom. The van der Waals surface area contributed by atoms with Gasteiger partial charge in [-0.25, -0.2) is 14.4 Å². The van der Waals surface area contributed by atoms with E-state index < -0.39 is 0 Å². The van der Waals surface area contributed by atoms with Gasteiger partial charge in [-0.3, -0.25) is 0 Å². The minimum Gasteiger partial charge on any atom is -0.321 e. The van der Waals surface area contributed by atoms with Gasteiger partial charge in [-0.05, 0) is 28.1 Å². The van der Waals surface area contributed by atoms with Gasteiger partial charge in [0.05, 0.1) is 12.4 Å². The van der Waals surface area contributed by atoms with Crippen molar-refractivity contribution in [2.45, 2.75) is 0 Å². The zero-order valence-electron chi connectivity index (χ0n) is 7.41. The van der Waals surface area contributed by atoms with Crippen LogP contribution in [0.1, 0.15) is 0 Å². The molecule has 2 heterocycles. The molecule has 3 nitrogen and oxygen atoms in total. The summed E-state index contributed by atoms with van der Waals surface area (Å²) >= 11 is 3.33. The lowest BCUT2D eigenvalue weighted by Crippen LogP contribution is -1.95. The molecule has 0 saturated heterocycles. The van der Waals surface area contributed by atoms with Crippen molar-refractivity contribution < 1.29 is 4.39 Å². The van der Waals surface area contributed by atoms with Crippen molar-refractivity contribution >= 4 is 15.9 Å². The number of imidazole rings is 1. The van der Waals surface area contributed by atoms with Gasteiger partial charge in [0.15, 0.2) is 5.82 Å². The molecule has 0 aromatic carbocycles. The highest BCUT2D eigenvalue weighted by molar-refractivity contribution is 9.10. The first kappa shape index (κ1) is 9.33. The van der Waals surface area contributed by atoms with Crippen LogP contribution in [-0.4, -0.2) is 14.5 Å². The topological polar surface area (TPSA) is 30.7 Å². The number of hydrogen-bond donors (Lipinski definition) is 0. The maximum atomic E-state index is 12.6. The van der Waals surface area contributed by atoms with Crippen LogP contribution < -0.4 is 0 Å². The number of aromatic nitrogens is 3. The van der Waals surface area contributed by atoms with Crippen LogP contribution in [0.15, 0.2) is 29.1 Å². The van der Waals surface area contributed by atoms with Crippen LogP contribution in [0.2, 0.25) is 0 Å². The van der Waals surface area contributed by atoms with Crippen molar-refractivity contribution in [3.63, 3.8) is 0 Å². The maximum absolute atomic E-state index is 12.6. The Morgan fingerprint density at radius 1 is 1.29 bits per heavy atom. The zero-order valence-corrected chi connectivity index (χ0v) is 8.99. The first-order valence-electron chi connectivity index (χ1n) is 3.97. The van der Waals surface area contributed by atoms with E-state index in [0.29, 0.717) is 11.5 Å². The van der Waals surface area contributed by atoms with Gasteiger partial charge in [0, 0.05) is 7.05 Å². The highest BCUT2D eigenvalue weighted by atomic mass is 79.9. The molecule has 0 N–H and O–H groups in total. The van der Waals surface area contributed by atoms with Crippen LogP contribution in [0.3, 0.4) is 0 Å². The molecule has 5 heteroatoms. The van der Waals surface area contributed by atoms with Gasteiger partial charge in [-0.15, -0.1) is 0 Å². The van der Waals surface area contributed by atoms with Crippen molar-refractivity contribution in [3.8, 4) is 11.5 Å². The molecule has 0 aliphatic carbocycles. The molecule has 0 fully saturated rings. The average Bonchev–Trinajstić information content (AvgIpc) is 2.50. The Balaban J connectivity index is 2.49. The number of rotatable bonds is 1. The largest absolute Gasteiger partial charge is 0.321 e. The summed E-state index contributed by atoms with van der Waals surface area (Å²) in [6.45, 7) is 0. The first-order valence-corrected chi connectivity index (χ1v) is 4.77. The summed E-state index contributed by atoms with van der Waals surface area (Å²) in [6.07, 6.45) is 2.86. The summed E-state index contributed by atoms with van der Waals surface area (Å²) in [5.74, 6) is 0.360. The number of pyridine rings is 1. The summed E-state index contributed by atoms with van der Waals surface area (Å²) in [5, 5.41) is 0. The molecule has 72 valence electrons. The molecule has 2 aromatic rings. The van der Waals surface area contributed by atoms with Crippen LogP contribution in [0.4, 0.5) is 4.39 Å². The molecule has 0 atom stereocenters. The molecule has 0 amide bonds. The molecule has 0 saturated carbocycles. The van der Waals surface area contributed by atoms with Crippen LogP contribution >= 0.6 is 15.9 Å².